The van der Waals surface area contributed by atoms with E-state index in [0.717, 1.165) is 38.7 Å². The molecule has 130 valence electrons. The molecular weight excluding hydrogens is 409 g/mol. The van der Waals surface area contributed by atoms with Crippen molar-refractivity contribution >= 4 is 41.7 Å². The highest BCUT2D eigenvalue weighted by Crippen LogP contribution is 2.16. The highest BCUT2D eigenvalue weighted by atomic mass is 127. The third-order valence-corrected chi connectivity index (χ3v) is 5.50. The zero-order valence-corrected chi connectivity index (χ0v) is 17.3. The van der Waals surface area contributed by atoms with E-state index in [9.17, 15) is 0 Å². The lowest BCUT2D eigenvalue weighted by atomic mass is 10.2. The van der Waals surface area contributed by atoms with Gasteiger partial charge in [-0.15, -0.1) is 24.0 Å². The van der Waals surface area contributed by atoms with Gasteiger partial charge in [-0.3, -0.25) is 9.89 Å². The molecule has 0 aromatic heterocycles. The second kappa shape index (κ2) is 10.9. The highest BCUT2D eigenvalue weighted by molar-refractivity contribution is 14.0. The largest absolute Gasteiger partial charge is 0.357 e. The molecule has 2 rings (SSSR count). The van der Waals surface area contributed by atoms with Gasteiger partial charge in [-0.2, -0.15) is 11.8 Å². The molecule has 2 unspecified atom stereocenters. The van der Waals surface area contributed by atoms with Gasteiger partial charge in [0, 0.05) is 44.0 Å². The average Bonchev–Trinajstić information content (AvgIpc) is 2.49. The van der Waals surface area contributed by atoms with Crippen LogP contribution in [0.1, 0.15) is 19.8 Å². The number of likely N-dealkylation sites (N-methyl/N-ethyl adjacent to an activating group) is 2. The SMILES string of the molecule is CCNC(=NCC1CN(C)CCN1C)NC1CCCSC1.I. The standard InChI is InChI=1S/C15H31N5S.HI/c1-4-16-15(18-13-6-5-9-21-12-13)17-10-14-11-19(2)7-8-20(14)3;/h13-14H,4-12H2,1-3H3,(H2,16,17,18);1H. The average molecular weight is 441 g/mol. The molecule has 7 heteroatoms. The first kappa shape index (κ1) is 20.3. The number of hydrogen-bond donors (Lipinski definition) is 2. The number of halogens is 1. The minimum atomic E-state index is 0. The number of nitrogens with zero attached hydrogens (tertiary/aromatic N) is 3. The summed E-state index contributed by atoms with van der Waals surface area (Å²) in [5.74, 6) is 3.51. The summed E-state index contributed by atoms with van der Waals surface area (Å²) < 4.78 is 0. The van der Waals surface area contributed by atoms with Gasteiger partial charge in [0.1, 0.15) is 0 Å². The number of guanidine groups is 1. The summed E-state index contributed by atoms with van der Waals surface area (Å²) in [6.07, 6.45) is 2.58. The van der Waals surface area contributed by atoms with E-state index < -0.39 is 0 Å². The monoisotopic (exact) mass is 441 g/mol. The minimum absolute atomic E-state index is 0. The molecule has 0 aromatic carbocycles. The van der Waals surface area contributed by atoms with Crippen LogP contribution in [0, 0.1) is 0 Å². The van der Waals surface area contributed by atoms with E-state index in [0.29, 0.717) is 12.1 Å². The van der Waals surface area contributed by atoms with Crippen LogP contribution in [-0.2, 0) is 0 Å². The van der Waals surface area contributed by atoms with Crippen LogP contribution in [0.5, 0.6) is 0 Å². The fourth-order valence-corrected chi connectivity index (χ4v) is 3.94. The third kappa shape index (κ3) is 6.80. The molecule has 2 atom stereocenters. The predicted molar refractivity (Wildman–Crippen MR) is 109 cm³/mol. The third-order valence-electron chi connectivity index (χ3n) is 4.29. The van der Waals surface area contributed by atoms with E-state index >= 15 is 0 Å². The van der Waals surface area contributed by atoms with Gasteiger partial charge in [0.2, 0.25) is 0 Å². The van der Waals surface area contributed by atoms with Crippen LogP contribution in [0.4, 0.5) is 0 Å². The van der Waals surface area contributed by atoms with Crippen LogP contribution in [0.25, 0.3) is 0 Å². The lowest BCUT2D eigenvalue weighted by Crippen LogP contribution is -2.52. The maximum absolute atomic E-state index is 4.83. The molecule has 5 nitrogen and oxygen atoms in total. The van der Waals surface area contributed by atoms with E-state index in [2.05, 4.69) is 41.5 Å². The molecule has 0 spiro atoms. The summed E-state index contributed by atoms with van der Waals surface area (Å²) in [7, 11) is 4.41. The second-order valence-corrected chi connectivity index (χ2v) is 7.32. The van der Waals surface area contributed by atoms with Gasteiger partial charge in [-0.1, -0.05) is 0 Å². The molecule has 2 fully saturated rings. The van der Waals surface area contributed by atoms with E-state index in [1.807, 2.05) is 11.8 Å². The van der Waals surface area contributed by atoms with Crippen molar-refractivity contribution < 1.29 is 0 Å². The molecule has 0 aliphatic carbocycles. The Morgan fingerprint density at radius 1 is 1.32 bits per heavy atom. The smallest absolute Gasteiger partial charge is 0.191 e. The number of piperazine rings is 1. The second-order valence-electron chi connectivity index (χ2n) is 6.17. The highest BCUT2D eigenvalue weighted by Gasteiger charge is 2.22. The van der Waals surface area contributed by atoms with Crippen LogP contribution in [-0.4, -0.2) is 86.2 Å². The van der Waals surface area contributed by atoms with Gasteiger partial charge in [0.05, 0.1) is 6.54 Å². The zero-order valence-electron chi connectivity index (χ0n) is 14.2. The summed E-state index contributed by atoms with van der Waals surface area (Å²) in [5, 5.41) is 7.00. The Bertz CT molecular complexity index is 336. The van der Waals surface area contributed by atoms with Crippen LogP contribution < -0.4 is 10.6 Å². The fraction of sp³-hybridized carbons (Fsp3) is 0.933. The van der Waals surface area contributed by atoms with Crippen molar-refractivity contribution in [2.24, 2.45) is 4.99 Å². The van der Waals surface area contributed by atoms with Crippen LogP contribution >= 0.6 is 35.7 Å². The van der Waals surface area contributed by atoms with Crippen molar-refractivity contribution in [3.63, 3.8) is 0 Å². The first-order valence-electron chi connectivity index (χ1n) is 8.20. The number of thioether (sulfide) groups is 1. The summed E-state index contributed by atoms with van der Waals surface area (Å²) in [4.78, 5) is 9.67. The molecule has 22 heavy (non-hydrogen) atoms. The molecule has 0 bridgehead atoms. The first-order valence-corrected chi connectivity index (χ1v) is 9.36. The molecule has 0 radical (unpaired) electrons. The van der Waals surface area contributed by atoms with Gasteiger partial charge in [-0.25, -0.2) is 0 Å². The van der Waals surface area contributed by atoms with Crippen molar-refractivity contribution in [1.29, 1.82) is 0 Å². The van der Waals surface area contributed by atoms with E-state index in [1.165, 1.54) is 24.3 Å². The summed E-state index contributed by atoms with van der Waals surface area (Å²) >= 11 is 2.05. The van der Waals surface area contributed by atoms with Gasteiger partial charge >= 0.3 is 0 Å². The Kier molecular flexibility index (Phi) is 10.1. The number of aliphatic imine (C=N–C) groups is 1. The number of hydrogen-bond acceptors (Lipinski definition) is 4. The Labute approximate surface area is 157 Å². The molecule has 2 heterocycles. The molecule has 2 aliphatic heterocycles. The maximum Gasteiger partial charge on any atom is 0.191 e. The number of rotatable bonds is 4. The molecule has 0 aromatic rings. The first-order chi connectivity index (χ1) is 10.2. The molecule has 0 saturated carbocycles. The summed E-state index contributed by atoms with van der Waals surface area (Å²) in [5.41, 5.74) is 0. The lowest BCUT2D eigenvalue weighted by Gasteiger charge is -2.37. The van der Waals surface area contributed by atoms with E-state index in [1.54, 1.807) is 0 Å². The summed E-state index contributed by atoms with van der Waals surface area (Å²) in [6, 6.07) is 1.10. The van der Waals surface area contributed by atoms with Crippen molar-refractivity contribution in [2.75, 3.05) is 58.3 Å². The van der Waals surface area contributed by atoms with Gasteiger partial charge in [-0.05, 0) is 39.6 Å². The fourth-order valence-electron chi connectivity index (χ4n) is 2.86. The van der Waals surface area contributed by atoms with Crippen molar-refractivity contribution in [3.8, 4) is 0 Å². The Balaban J connectivity index is 0.00000242. The van der Waals surface area contributed by atoms with Crippen molar-refractivity contribution in [2.45, 2.75) is 31.8 Å². The van der Waals surface area contributed by atoms with Crippen LogP contribution in [0.3, 0.4) is 0 Å². The Morgan fingerprint density at radius 3 is 2.82 bits per heavy atom. The zero-order chi connectivity index (χ0) is 15.1. The molecular formula is C15H32IN5S. The lowest BCUT2D eigenvalue weighted by molar-refractivity contribution is 0.119. The quantitative estimate of drug-likeness (QED) is 0.391. The minimum Gasteiger partial charge on any atom is -0.357 e. The molecule has 2 N–H and O–H groups in total. The van der Waals surface area contributed by atoms with E-state index in [-0.39, 0.29) is 24.0 Å². The van der Waals surface area contributed by atoms with Gasteiger partial charge in [0.15, 0.2) is 5.96 Å². The van der Waals surface area contributed by atoms with Gasteiger partial charge < -0.3 is 15.5 Å². The molecule has 0 amide bonds. The predicted octanol–water partition coefficient (Wildman–Crippen LogP) is 1.30. The molecule has 2 saturated heterocycles. The van der Waals surface area contributed by atoms with E-state index in [4.69, 9.17) is 4.99 Å². The van der Waals surface area contributed by atoms with Crippen LogP contribution in [0.15, 0.2) is 4.99 Å². The van der Waals surface area contributed by atoms with Crippen molar-refractivity contribution in [3.05, 3.63) is 0 Å². The Hall–Kier alpha value is 0.270. The molecule has 2 aliphatic rings. The van der Waals surface area contributed by atoms with Gasteiger partial charge in [0.25, 0.3) is 0 Å². The number of nitrogens with one attached hydrogen (secondary N) is 2. The summed E-state index contributed by atoms with van der Waals surface area (Å²) in [6.45, 7) is 7.34. The normalized spacial score (nSPS) is 28.0. The maximum atomic E-state index is 4.83. The van der Waals surface area contributed by atoms with Crippen molar-refractivity contribution in [1.82, 2.24) is 20.4 Å². The van der Waals surface area contributed by atoms with Crippen LogP contribution in [0.2, 0.25) is 0 Å². The topological polar surface area (TPSA) is 42.9 Å². The Morgan fingerprint density at radius 2 is 2.14 bits per heavy atom.